The van der Waals surface area contributed by atoms with Gasteiger partial charge in [-0.15, -0.1) is 0 Å². The van der Waals surface area contributed by atoms with Crippen molar-refractivity contribution in [3.05, 3.63) is 18.1 Å². The summed E-state index contributed by atoms with van der Waals surface area (Å²) in [6.45, 7) is 1.82. The van der Waals surface area contributed by atoms with Crippen LogP contribution in [0.5, 0.6) is 0 Å². The van der Waals surface area contributed by atoms with E-state index in [0.29, 0.717) is 18.0 Å². The fourth-order valence-corrected chi connectivity index (χ4v) is 2.86. The third-order valence-electron chi connectivity index (χ3n) is 3.87. The number of nitrogens with one attached hydrogen (secondary N) is 1. The lowest BCUT2D eigenvalue weighted by Crippen LogP contribution is -2.35. The van der Waals surface area contributed by atoms with E-state index in [2.05, 4.69) is 20.4 Å². The molecule has 8 heteroatoms. The van der Waals surface area contributed by atoms with Crippen LogP contribution in [0.3, 0.4) is 0 Å². The highest BCUT2D eigenvalue weighted by atomic mass is 19.4. The first kappa shape index (κ1) is 14.1. The minimum absolute atomic E-state index is 0.0983. The largest absolute Gasteiger partial charge is 0.391 e. The second-order valence-corrected chi connectivity index (χ2v) is 5.50. The van der Waals surface area contributed by atoms with Crippen LogP contribution >= 0.6 is 0 Å². The van der Waals surface area contributed by atoms with Gasteiger partial charge in [0.05, 0.1) is 5.92 Å². The minimum atomic E-state index is -4.11. The zero-order valence-electron chi connectivity index (χ0n) is 11.6. The Morgan fingerprint density at radius 3 is 2.90 bits per heavy atom. The Bertz CT molecular complexity index is 636. The molecule has 1 aliphatic rings. The average Bonchev–Trinajstić information content (AvgIpc) is 2.86. The molecule has 3 rings (SSSR count). The molecular weight excluding hydrogens is 283 g/mol. The average molecular weight is 299 g/mol. The molecule has 2 atom stereocenters. The topological polar surface area (TPSA) is 55.1 Å². The zero-order chi connectivity index (χ0) is 15.0. The Morgan fingerprint density at radius 2 is 2.14 bits per heavy atom. The maximum Gasteiger partial charge on any atom is 0.391 e. The summed E-state index contributed by atoms with van der Waals surface area (Å²) in [5.41, 5.74) is 0.751. The van der Waals surface area contributed by atoms with Gasteiger partial charge in [-0.25, -0.2) is 4.98 Å². The van der Waals surface area contributed by atoms with Crippen LogP contribution in [0.15, 0.2) is 12.4 Å². The molecule has 5 nitrogen and oxygen atoms in total. The quantitative estimate of drug-likeness (QED) is 0.926. The van der Waals surface area contributed by atoms with Crippen LogP contribution in [0.1, 0.15) is 31.4 Å². The molecule has 0 bridgehead atoms. The minimum Gasteiger partial charge on any atom is -0.367 e. The molecule has 0 amide bonds. The Labute approximate surface area is 119 Å². The van der Waals surface area contributed by atoms with Crippen molar-refractivity contribution >= 4 is 11.6 Å². The summed E-state index contributed by atoms with van der Waals surface area (Å²) in [6.07, 6.45) is -1.11. The summed E-state index contributed by atoms with van der Waals surface area (Å²) in [6, 6.07) is 1.57. The lowest BCUT2D eigenvalue weighted by Gasteiger charge is -2.31. The van der Waals surface area contributed by atoms with Crippen molar-refractivity contribution in [1.82, 2.24) is 19.6 Å². The predicted octanol–water partition coefficient (Wildman–Crippen LogP) is 2.97. The molecule has 0 radical (unpaired) electrons. The molecule has 2 aromatic rings. The van der Waals surface area contributed by atoms with Crippen molar-refractivity contribution < 1.29 is 13.2 Å². The number of alkyl halides is 3. The first-order valence-corrected chi connectivity index (χ1v) is 6.94. The summed E-state index contributed by atoms with van der Waals surface area (Å²) in [5.74, 6) is -0.138. The molecular formula is C13H16F3N5. The number of fused-ring (bicyclic) bond motifs is 1. The molecule has 2 heterocycles. The highest BCUT2D eigenvalue weighted by Gasteiger charge is 2.42. The van der Waals surface area contributed by atoms with Crippen LogP contribution in [-0.2, 0) is 0 Å². The lowest BCUT2D eigenvalue weighted by atomic mass is 9.85. The third kappa shape index (κ3) is 2.93. The van der Waals surface area contributed by atoms with E-state index < -0.39 is 12.1 Å². The molecule has 0 saturated heterocycles. The van der Waals surface area contributed by atoms with Gasteiger partial charge in [-0.2, -0.15) is 27.8 Å². The van der Waals surface area contributed by atoms with Gasteiger partial charge >= 0.3 is 6.18 Å². The molecule has 2 aromatic heterocycles. The Morgan fingerprint density at radius 1 is 1.33 bits per heavy atom. The molecule has 0 unspecified atom stereocenters. The van der Waals surface area contributed by atoms with E-state index in [1.807, 2.05) is 6.92 Å². The van der Waals surface area contributed by atoms with E-state index in [1.165, 1.54) is 10.8 Å². The molecule has 1 N–H and O–H groups in total. The molecule has 0 aliphatic heterocycles. The van der Waals surface area contributed by atoms with Gasteiger partial charge in [-0.1, -0.05) is 6.42 Å². The molecule has 0 aromatic carbocycles. The smallest absolute Gasteiger partial charge is 0.367 e. The van der Waals surface area contributed by atoms with Crippen LogP contribution in [0.4, 0.5) is 19.0 Å². The molecule has 0 spiro atoms. The third-order valence-corrected chi connectivity index (χ3v) is 3.87. The molecule has 21 heavy (non-hydrogen) atoms. The highest BCUT2D eigenvalue weighted by Crippen LogP contribution is 2.38. The number of hydrogen-bond donors (Lipinski definition) is 1. The molecule has 114 valence electrons. The van der Waals surface area contributed by atoms with Crippen molar-refractivity contribution in [2.24, 2.45) is 5.92 Å². The van der Waals surface area contributed by atoms with E-state index in [0.717, 1.165) is 12.1 Å². The van der Waals surface area contributed by atoms with Gasteiger partial charge in [0.25, 0.3) is 5.78 Å². The van der Waals surface area contributed by atoms with Gasteiger partial charge in [0.1, 0.15) is 12.1 Å². The number of rotatable bonds is 2. The van der Waals surface area contributed by atoms with Crippen molar-refractivity contribution in [2.75, 3.05) is 5.32 Å². The molecule has 1 fully saturated rings. The fraction of sp³-hybridized carbons (Fsp3) is 0.615. The van der Waals surface area contributed by atoms with Crippen LogP contribution in [0.2, 0.25) is 0 Å². The summed E-state index contributed by atoms with van der Waals surface area (Å²) >= 11 is 0. The Balaban J connectivity index is 1.80. The van der Waals surface area contributed by atoms with E-state index in [9.17, 15) is 13.2 Å². The van der Waals surface area contributed by atoms with Crippen molar-refractivity contribution in [1.29, 1.82) is 0 Å². The van der Waals surface area contributed by atoms with Crippen LogP contribution < -0.4 is 5.32 Å². The second kappa shape index (κ2) is 5.16. The number of hydrogen-bond acceptors (Lipinski definition) is 4. The first-order valence-electron chi connectivity index (χ1n) is 6.94. The maximum atomic E-state index is 12.9. The first-order chi connectivity index (χ1) is 9.93. The molecule has 1 saturated carbocycles. The molecule has 1 aliphatic carbocycles. The summed E-state index contributed by atoms with van der Waals surface area (Å²) in [5, 5.41) is 7.22. The van der Waals surface area contributed by atoms with Crippen molar-refractivity contribution in [2.45, 2.75) is 44.8 Å². The predicted molar refractivity (Wildman–Crippen MR) is 70.9 cm³/mol. The Hall–Kier alpha value is -1.86. The number of anilines is 1. The number of aromatic nitrogens is 4. The standard InChI is InChI=1S/C13H16F3N5/c1-8-5-11(21-12(19-8)17-7-18-21)20-10-4-2-3-9(6-10)13(14,15)16/h5,7,9-10,20H,2-4,6H2,1H3/t9-,10+/m0/s1. The van der Waals surface area contributed by atoms with Gasteiger partial charge in [0, 0.05) is 17.8 Å². The van der Waals surface area contributed by atoms with Gasteiger partial charge in [-0.05, 0) is 26.2 Å². The number of aryl methyl sites for hydroxylation is 1. The van der Waals surface area contributed by atoms with Gasteiger partial charge in [0.2, 0.25) is 0 Å². The van der Waals surface area contributed by atoms with Crippen molar-refractivity contribution in [3.8, 4) is 0 Å². The maximum absolute atomic E-state index is 12.9. The van der Waals surface area contributed by atoms with Gasteiger partial charge in [-0.3, -0.25) is 0 Å². The fourth-order valence-electron chi connectivity index (χ4n) is 2.86. The second-order valence-electron chi connectivity index (χ2n) is 5.50. The monoisotopic (exact) mass is 299 g/mol. The van der Waals surface area contributed by atoms with E-state index >= 15 is 0 Å². The van der Waals surface area contributed by atoms with Gasteiger partial charge in [0.15, 0.2) is 0 Å². The van der Waals surface area contributed by atoms with Crippen LogP contribution in [0, 0.1) is 12.8 Å². The van der Waals surface area contributed by atoms with Gasteiger partial charge < -0.3 is 5.32 Å². The van der Waals surface area contributed by atoms with Crippen LogP contribution in [-0.4, -0.2) is 31.8 Å². The van der Waals surface area contributed by atoms with E-state index in [4.69, 9.17) is 0 Å². The normalized spacial score (nSPS) is 23.4. The number of halogens is 3. The number of nitrogens with zero attached hydrogens (tertiary/aromatic N) is 4. The summed E-state index contributed by atoms with van der Waals surface area (Å²) in [4.78, 5) is 8.22. The summed E-state index contributed by atoms with van der Waals surface area (Å²) < 4.78 is 40.1. The van der Waals surface area contributed by atoms with E-state index in [-0.39, 0.29) is 18.9 Å². The summed E-state index contributed by atoms with van der Waals surface area (Å²) in [7, 11) is 0. The van der Waals surface area contributed by atoms with Crippen LogP contribution in [0.25, 0.3) is 5.78 Å². The highest BCUT2D eigenvalue weighted by molar-refractivity contribution is 5.45. The van der Waals surface area contributed by atoms with E-state index in [1.54, 1.807) is 6.07 Å². The van der Waals surface area contributed by atoms with Crippen molar-refractivity contribution in [3.63, 3.8) is 0 Å². The lowest BCUT2D eigenvalue weighted by molar-refractivity contribution is -0.182. The SMILES string of the molecule is Cc1cc(N[C@@H]2CCC[C@H](C(F)(F)F)C2)n2ncnc2n1. The Kier molecular flexibility index (Phi) is 3.46. The zero-order valence-corrected chi connectivity index (χ0v) is 11.6.